The Labute approximate surface area is 185 Å². The molecule has 1 fully saturated rings. The molecule has 0 radical (unpaired) electrons. The summed E-state index contributed by atoms with van der Waals surface area (Å²) in [4.78, 5) is 23.8. The van der Waals surface area contributed by atoms with Gasteiger partial charge < -0.3 is 15.5 Å². The molecule has 2 N–H and O–H groups in total. The molecule has 1 aliphatic rings. The Morgan fingerprint density at radius 1 is 1.06 bits per heavy atom. The predicted molar refractivity (Wildman–Crippen MR) is 122 cm³/mol. The van der Waals surface area contributed by atoms with E-state index in [1.54, 1.807) is 0 Å². The number of nitrogens with one attached hydrogen (secondary N) is 2. The fraction of sp³-hybridized carbons (Fsp3) is 0.348. The third kappa shape index (κ3) is 4.88. The Bertz CT molecular complexity index is 1100. The van der Waals surface area contributed by atoms with Crippen LogP contribution in [0.1, 0.15) is 36.0 Å². The summed E-state index contributed by atoms with van der Waals surface area (Å²) < 4.78 is 13.5. The molecule has 31 heavy (non-hydrogen) atoms. The third-order valence-corrected chi connectivity index (χ3v) is 5.90. The lowest BCUT2D eigenvalue weighted by Crippen LogP contribution is -2.40. The van der Waals surface area contributed by atoms with Gasteiger partial charge in [0.1, 0.15) is 11.6 Å². The lowest BCUT2D eigenvalue weighted by Gasteiger charge is -2.30. The van der Waals surface area contributed by atoms with Crippen LogP contribution in [0.3, 0.4) is 0 Å². The van der Waals surface area contributed by atoms with Crippen LogP contribution in [0.2, 0.25) is 5.02 Å². The molecule has 0 atom stereocenters. The quantitative estimate of drug-likeness (QED) is 0.603. The van der Waals surface area contributed by atoms with Gasteiger partial charge in [-0.1, -0.05) is 23.7 Å². The van der Waals surface area contributed by atoms with Crippen molar-refractivity contribution < 1.29 is 9.18 Å². The molecule has 0 spiro atoms. The average Bonchev–Trinajstić information content (AvgIpc) is 2.76. The molecule has 8 heteroatoms. The summed E-state index contributed by atoms with van der Waals surface area (Å²) in [5.41, 5.74) is 1.07. The van der Waals surface area contributed by atoms with Crippen LogP contribution in [0, 0.1) is 5.82 Å². The molecule has 1 heterocycles. The maximum absolute atomic E-state index is 13.5. The number of halogens is 2. The van der Waals surface area contributed by atoms with Crippen LogP contribution in [0.4, 0.5) is 16.2 Å². The summed E-state index contributed by atoms with van der Waals surface area (Å²) in [7, 11) is 3.94. The molecule has 1 amide bonds. The Morgan fingerprint density at radius 2 is 1.77 bits per heavy atom. The van der Waals surface area contributed by atoms with Gasteiger partial charge in [0.25, 0.3) is 5.91 Å². The van der Waals surface area contributed by atoms with Crippen molar-refractivity contribution >= 4 is 40.2 Å². The van der Waals surface area contributed by atoms with Crippen molar-refractivity contribution in [3.63, 3.8) is 0 Å². The van der Waals surface area contributed by atoms with Crippen LogP contribution < -0.4 is 15.5 Å². The molecule has 162 valence electrons. The topological polar surface area (TPSA) is 70.2 Å². The molecule has 1 aliphatic carbocycles. The number of para-hydroxylation sites is 1. The second kappa shape index (κ2) is 9.06. The summed E-state index contributed by atoms with van der Waals surface area (Å²) in [6.07, 6.45) is 3.36. The zero-order valence-corrected chi connectivity index (χ0v) is 18.3. The number of fused-ring (bicyclic) bond motifs is 1. The molecule has 2 aromatic carbocycles. The number of hydrogen-bond donors (Lipinski definition) is 2. The van der Waals surface area contributed by atoms with Crippen molar-refractivity contribution in [1.82, 2.24) is 15.3 Å². The first kappa shape index (κ1) is 21.3. The zero-order valence-electron chi connectivity index (χ0n) is 17.5. The van der Waals surface area contributed by atoms with Crippen molar-refractivity contribution in [1.29, 1.82) is 0 Å². The lowest BCUT2D eigenvalue weighted by molar-refractivity contribution is 0.0926. The number of nitrogens with zero attached hydrogens (tertiary/aromatic N) is 3. The van der Waals surface area contributed by atoms with Gasteiger partial charge in [-0.3, -0.25) is 4.79 Å². The number of amides is 1. The van der Waals surface area contributed by atoms with Gasteiger partial charge in [-0.2, -0.15) is 4.98 Å². The smallest absolute Gasteiger partial charge is 0.253 e. The fourth-order valence-electron chi connectivity index (χ4n) is 3.96. The molecule has 0 bridgehead atoms. The van der Waals surface area contributed by atoms with Gasteiger partial charge >= 0.3 is 0 Å². The summed E-state index contributed by atoms with van der Waals surface area (Å²) in [6, 6.07) is 12.0. The maximum atomic E-state index is 13.5. The molecule has 1 aromatic heterocycles. The number of carbonyl (C=O) groups excluding carboxylic acids is 1. The normalized spacial score (nSPS) is 18.6. The molecule has 0 aliphatic heterocycles. The first-order chi connectivity index (χ1) is 14.9. The van der Waals surface area contributed by atoms with Crippen LogP contribution in [0.15, 0.2) is 42.5 Å². The minimum atomic E-state index is -0.477. The van der Waals surface area contributed by atoms with Crippen LogP contribution >= 0.6 is 11.6 Å². The van der Waals surface area contributed by atoms with Crippen LogP contribution in [-0.2, 0) is 0 Å². The van der Waals surface area contributed by atoms with Crippen LogP contribution in [0.25, 0.3) is 10.9 Å². The molecule has 0 unspecified atom stereocenters. The maximum Gasteiger partial charge on any atom is 0.253 e. The van der Waals surface area contributed by atoms with E-state index in [4.69, 9.17) is 16.6 Å². The second-order valence-corrected chi connectivity index (χ2v) is 8.48. The van der Waals surface area contributed by atoms with E-state index in [1.807, 2.05) is 43.3 Å². The predicted octanol–water partition coefficient (Wildman–Crippen LogP) is 4.64. The van der Waals surface area contributed by atoms with E-state index in [9.17, 15) is 9.18 Å². The van der Waals surface area contributed by atoms with E-state index in [-0.39, 0.29) is 28.6 Å². The number of aromatic nitrogens is 2. The van der Waals surface area contributed by atoms with E-state index in [2.05, 4.69) is 15.6 Å². The number of benzene rings is 2. The molecular weight excluding hydrogens is 417 g/mol. The van der Waals surface area contributed by atoms with Gasteiger partial charge in [0, 0.05) is 31.6 Å². The van der Waals surface area contributed by atoms with Gasteiger partial charge in [0.2, 0.25) is 5.95 Å². The van der Waals surface area contributed by atoms with Gasteiger partial charge in [0.15, 0.2) is 0 Å². The van der Waals surface area contributed by atoms with Crippen molar-refractivity contribution in [2.75, 3.05) is 24.3 Å². The van der Waals surface area contributed by atoms with Crippen molar-refractivity contribution in [3.05, 3.63) is 58.9 Å². The first-order valence-electron chi connectivity index (χ1n) is 10.4. The lowest BCUT2D eigenvalue weighted by atomic mass is 9.91. The summed E-state index contributed by atoms with van der Waals surface area (Å²) in [6.45, 7) is 0. The van der Waals surface area contributed by atoms with Gasteiger partial charge in [-0.25, -0.2) is 9.37 Å². The van der Waals surface area contributed by atoms with E-state index >= 15 is 0 Å². The third-order valence-electron chi connectivity index (χ3n) is 5.58. The van der Waals surface area contributed by atoms with E-state index in [0.29, 0.717) is 5.95 Å². The number of anilines is 2. The molecular formula is C23H25ClFN5O. The Hall–Kier alpha value is -2.93. The monoisotopic (exact) mass is 441 g/mol. The standard InChI is InChI=1S/C23H25ClFN5O/c1-30(2)21-17-5-3-4-6-20(17)28-23(29-21)27-16-10-8-15(9-11-16)26-22(31)18-13-14(25)7-12-19(18)24/h3-7,12-13,15-16H,8-11H2,1-2H3,(H,26,31)(H,27,28,29)/t15-,16+. The molecule has 0 saturated heterocycles. The highest BCUT2D eigenvalue weighted by Crippen LogP contribution is 2.27. The molecule has 3 aromatic rings. The Morgan fingerprint density at radius 3 is 2.52 bits per heavy atom. The van der Waals surface area contributed by atoms with Gasteiger partial charge in [-0.15, -0.1) is 0 Å². The van der Waals surface area contributed by atoms with Crippen molar-refractivity contribution in [2.45, 2.75) is 37.8 Å². The number of carbonyl (C=O) groups is 1. The van der Waals surface area contributed by atoms with E-state index in [0.717, 1.165) is 42.4 Å². The van der Waals surface area contributed by atoms with Gasteiger partial charge in [-0.05, 0) is 56.0 Å². The molecule has 6 nitrogen and oxygen atoms in total. The van der Waals surface area contributed by atoms with Crippen molar-refractivity contribution in [2.24, 2.45) is 0 Å². The first-order valence-corrected chi connectivity index (χ1v) is 10.7. The summed E-state index contributed by atoms with van der Waals surface area (Å²) in [5.74, 6) is 0.673. The largest absolute Gasteiger partial charge is 0.362 e. The molecule has 1 saturated carbocycles. The second-order valence-electron chi connectivity index (χ2n) is 8.07. The van der Waals surface area contributed by atoms with E-state index < -0.39 is 5.82 Å². The van der Waals surface area contributed by atoms with Crippen LogP contribution in [-0.4, -0.2) is 42.1 Å². The average molecular weight is 442 g/mol. The fourth-order valence-corrected chi connectivity index (χ4v) is 4.17. The van der Waals surface area contributed by atoms with E-state index in [1.165, 1.54) is 18.2 Å². The van der Waals surface area contributed by atoms with Crippen LogP contribution in [0.5, 0.6) is 0 Å². The highest BCUT2D eigenvalue weighted by atomic mass is 35.5. The zero-order chi connectivity index (χ0) is 22.0. The Balaban J connectivity index is 1.38. The van der Waals surface area contributed by atoms with Crippen molar-refractivity contribution in [3.8, 4) is 0 Å². The Kier molecular flexibility index (Phi) is 6.23. The minimum absolute atomic E-state index is 0.0275. The number of rotatable bonds is 5. The SMILES string of the molecule is CN(C)c1nc(N[C@H]2CC[C@@H](NC(=O)c3cc(F)ccc3Cl)CC2)nc2ccccc12. The van der Waals surface area contributed by atoms with Gasteiger partial charge in [0.05, 0.1) is 16.1 Å². The minimum Gasteiger partial charge on any atom is -0.362 e. The summed E-state index contributed by atoms with van der Waals surface area (Å²) >= 11 is 6.04. The highest BCUT2D eigenvalue weighted by molar-refractivity contribution is 6.33. The number of hydrogen-bond acceptors (Lipinski definition) is 5. The highest BCUT2D eigenvalue weighted by Gasteiger charge is 2.24. The molecule has 4 rings (SSSR count). The summed E-state index contributed by atoms with van der Waals surface area (Å²) in [5, 5.41) is 7.70.